The molecule has 0 aliphatic carbocycles. The van der Waals surface area contributed by atoms with Gasteiger partial charge in [-0.3, -0.25) is 4.79 Å². The Morgan fingerprint density at radius 2 is 1.78 bits per heavy atom. The summed E-state index contributed by atoms with van der Waals surface area (Å²) in [4.78, 5) is 11.6. The van der Waals surface area contributed by atoms with Gasteiger partial charge in [0.25, 0.3) is 0 Å². The predicted molar refractivity (Wildman–Crippen MR) is 69.3 cm³/mol. The Morgan fingerprint density at radius 3 is 2.44 bits per heavy atom. The normalized spacial score (nSPS) is 10.5. The molecule has 2 aromatic rings. The van der Waals surface area contributed by atoms with Crippen molar-refractivity contribution in [3.63, 3.8) is 0 Å². The number of hydrogen-bond acceptors (Lipinski definition) is 1. The molecule has 2 rings (SSSR count). The number of carbonyl (C=O) groups excluding carboxylic acids is 1. The molecule has 2 aromatic carbocycles. The van der Waals surface area contributed by atoms with Crippen molar-refractivity contribution in [2.75, 3.05) is 5.32 Å². The lowest BCUT2D eigenvalue weighted by atomic mass is 10.2. The summed E-state index contributed by atoms with van der Waals surface area (Å²) >= 11 is 0. The largest absolute Gasteiger partial charge is 0.323 e. The van der Waals surface area contributed by atoms with Gasteiger partial charge in [-0.1, -0.05) is 24.3 Å². The number of nitrogens with one attached hydrogen (secondary N) is 1. The summed E-state index contributed by atoms with van der Waals surface area (Å²) in [5.41, 5.74) is 1.48. The van der Waals surface area contributed by atoms with Crippen molar-refractivity contribution in [3.8, 4) is 0 Å². The monoisotopic (exact) mass is 240 g/mol. The smallest absolute Gasteiger partial charge is 0.248 e. The van der Waals surface area contributed by atoms with Gasteiger partial charge in [-0.05, 0) is 42.0 Å². The number of rotatable bonds is 3. The fourth-order valence-corrected chi connectivity index (χ4v) is 1.40. The molecule has 0 aromatic heterocycles. The summed E-state index contributed by atoms with van der Waals surface area (Å²) in [5, 5.41) is 2.64. The van der Waals surface area contributed by atoms with E-state index in [4.69, 9.17) is 0 Å². The molecule has 0 atom stereocenters. The number of benzene rings is 2. The highest BCUT2D eigenvalue weighted by atomic mass is 19.1. The van der Waals surface area contributed by atoms with E-state index in [9.17, 15) is 9.18 Å². The zero-order valence-electron chi connectivity index (χ0n) is 9.56. The van der Waals surface area contributed by atoms with Gasteiger partial charge in [-0.15, -0.1) is 0 Å². The number of anilines is 1. The lowest BCUT2D eigenvalue weighted by molar-refractivity contribution is -0.111. The Morgan fingerprint density at radius 1 is 1.11 bits per heavy atom. The van der Waals surface area contributed by atoms with Gasteiger partial charge in [0.05, 0.1) is 0 Å². The summed E-state index contributed by atoms with van der Waals surface area (Å²) in [6, 6.07) is 15.8. The Balaban J connectivity index is 1.97. The number of halogens is 1. The SMILES string of the molecule is O=C(C=Cc1cc[c]cc1)Nc1ccc(F)cc1. The first-order valence-corrected chi connectivity index (χ1v) is 5.45. The number of amides is 1. The molecule has 1 radical (unpaired) electrons. The third-order valence-corrected chi connectivity index (χ3v) is 2.28. The van der Waals surface area contributed by atoms with Crippen LogP contribution in [0.25, 0.3) is 6.08 Å². The molecule has 1 amide bonds. The standard InChI is InChI=1S/C15H11FNO/c16-13-7-9-14(10-8-13)17-15(18)11-6-12-4-2-1-3-5-12/h2-11H,(H,17,18). The Kier molecular flexibility index (Phi) is 3.86. The summed E-state index contributed by atoms with van der Waals surface area (Å²) in [7, 11) is 0. The first kappa shape index (κ1) is 12.0. The van der Waals surface area contributed by atoms with Crippen molar-refractivity contribution in [2.45, 2.75) is 0 Å². The van der Waals surface area contributed by atoms with E-state index in [0.29, 0.717) is 5.69 Å². The maximum Gasteiger partial charge on any atom is 0.248 e. The van der Waals surface area contributed by atoms with Crippen molar-refractivity contribution in [2.24, 2.45) is 0 Å². The molecule has 0 aliphatic heterocycles. The maximum absolute atomic E-state index is 12.7. The molecule has 0 heterocycles. The highest BCUT2D eigenvalue weighted by molar-refractivity contribution is 6.01. The third kappa shape index (κ3) is 3.56. The molecule has 0 fully saturated rings. The van der Waals surface area contributed by atoms with Crippen molar-refractivity contribution in [3.05, 3.63) is 72.1 Å². The number of hydrogen-bond donors (Lipinski definition) is 1. The van der Waals surface area contributed by atoms with E-state index in [1.165, 1.54) is 30.3 Å². The minimum Gasteiger partial charge on any atom is -0.323 e. The second-order valence-corrected chi connectivity index (χ2v) is 3.66. The molecule has 0 unspecified atom stereocenters. The van der Waals surface area contributed by atoms with E-state index in [1.54, 1.807) is 18.2 Å². The highest BCUT2D eigenvalue weighted by Gasteiger charge is 1.97. The van der Waals surface area contributed by atoms with Crippen molar-refractivity contribution < 1.29 is 9.18 Å². The Bertz CT molecular complexity index is 546. The van der Waals surface area contributed by atoms with Gasteiger partial charge >= 0.3 is 0 Å². The van der Waals surface area contributed by atoms with Crippen molar-refractivity contribution >= 4 is 17.7 Å². The van der Waals surface area contributed by atoms with Crippen LogP contribution in [-0.2, 0) is 4.79 Å². The molecule has 18 heavy (non-hydrogen) atoms. The molecule has 0 spiro atoms. The quantitative estimate of drug-likeness (QED) is 0.819. The van der Waals surface area contributed by atoms with Crippen molar-refractivity contribution in [1.29, 1.82) is 0 Å². The van der Waals surface area contributed by atoms with Gasteiger partial charge in [-0.25, -0.2) is 4.39 Å². The average Bonchev–Trinajstić information content (AvgIpc) is 2.40. The summed E-state index contributed by atoms with van der Waals surface area (Å²) < 4.78 is 12.7. The van der Waals surface area contributed by atoms with Crippen LogP contribution in [0, 0.1) is 11.9 Å². The zero-order valence-corrected chi connectivity index (χ0v) is 9.56. The Labute approximate surface area is 105 Å². The van der Waals surface area contributed by atoms with Crippen LogP contribution in [0.2, 0.25) is 0 Å². The first-order chi connectivity index (χ1) is 8.74. The molecule has 3 heteroatoms. The fourth-order valence-electron chi connectivity index (χ4n) is 1.40. The lowest BCUT2D eigenvalue weighted by Gasteiger charge is -2.01. The van der Waals surface area contributed by atoms with Gasteiger partial charge < -0.3 is 5.32 Å². The van der Waals surface area contributed by atoms with Gasteiger partial charge in [0, 0.05) is 11.8 Å². The molecule has 1 N–H and O–H groups in total. The van der Waals surface area contributed by atoms with Crippen LogP contribution in [0.15, 0.2) is 54.6 Å². The van der Waals surface area contributed by atoms with Crippen molar-refractivity contribution in [1.82, 2.24) is 0 Å². The van der Waals surface area contributed by atoms with Gasteiger partial charge in [0.2, 0.25) is 5.91 Å². The summed E-state index contributed by atoms with van der Waals surface area (Å²) in [5.74, 6) is -0.585. The highest BCUT2D eigenvalue weighted by Crippen LogP contribution is 2.08. The topological polar surface area (TPSA) is 29.1 Å². The van der Waals surface area contributed by atoms with E-state index in [-0.39, 0.29) is 11.7 Å². The lowest BCUT2D eigenvalue weighted by Crippen LogP contribution is -2.07. The van der Waals surface area contributed by atoms with Crippen LogP contribution in [0.1, 0.15) is 5.56 Å². The summed E-state index contributed by atoms with van der Waals surface area (Å²) in [6.45, 7) is 0. The molecular formula is C15H11FNO. The van der Waals surface area contributed by atoms with E-state index >= 15 is 0 Å². The molecule has 0 bridgehead atoms. The summed E-state index contributed by atoms with van der Waals surface area (Å²) in [6.07, 6.45) is 3.13. The molecule has 0 saturated heterocycles. The van der Waals surface area contributed by atoms with Crippen LogP contribution in [-0.4, -0.2) is 5.91 Å². The van der Waals surface area contributed by atoms with Gasteiger partial charge in [-0.2, -0.15) is 0 Å². The molecule has 2 nitrogen and oxygen atoms in total. The minimum absolute atomic E-state index is 0.255. The van der Waals surface area contributed by atoms with Crippen LogP contribution < -0.4 is 5.32 Å². The number of carbonyl (C=O) groups is 1. The van der Waals surface area contributed by atoms with E-state index in [0.717, 1.165) is 5.56 Å². The average molecular weight is 240 g/mol. The fraction of sp³-hybridized carbons (Fsp3) is 0. The minimum atomic E-state index is -0.330. The van der Waals surface area contributed by atoms with Crippen LogP contribution in [0.3, 0.4) is 0 Å². The van der Waals surface area contributed by atoms with Crippen LogP contribution in [0.5, 0.6) is 0 Å². The van der Waals surface area contributed by atoms with Crippen LogP contribution >= 0.6 is 0 Å². The second-order valence-electron chi connectivity index (χ2n) is 3.66. The predicted octanol–water partition coefficient (Wildman–Crippen LogP) is 3.28. The van der Waals surface area contributed by atoms with Crippen LogP contribution in [0.4, 0.5) is 10.1 Å². The maximum atomic E-state index is 12.7. The molecule has 0 aliphatic rings. The molecular weight excluding hydrogens is 229 g/mol. The van der Waals surface area contributed by atoms with Gasteiger partial charge in [0.15, 0.2) is 0 Å². The van der Waals surface area contributed by atoms with E-state index < -0.39 is 0 Å². The van der Waals surface area contributed by atoms with Gasteiger partial charge in [0.1, 0.15) is 5.82 Å². The molecule has 0 saturated carbocycles. The third-order valence-electron chi connectivity index (χ3n) is 2.28. The molecule has 89 valence electrons. The first-order valence-electron chi connectivity index (χ1n) is 5.45. The zero-order chi connectivity index (χ0) is 12.8. The van der Waals surface area contributed by atoms with E-state index in [1.807, 2.05) is 12.1 Å². The Hall–Kier alpha value is -2.42. The van der Waals surface area contributed by atoms with E-state index in [2.05, 4.69) is 11.4 Å². The second kappa shape index (κ2) is 5.77.